The minimum Gasteiger partial charge on any atom is -0.497 e. The van der Waals surface area contributed by atoms with Crippen molar-refractivity contribution in [1.29, 1.82) is 0 Å². The first-order valence-electron chi connectivity index (χ1n) is 11.0. The molecule has 0 spiro atoms. The Labute approximate surface area is 191 Å². The predicted octanol–water partition coefficient (Wildman–Crippen LogP) is 3.34. The van der Waals surface area contributed by atoms with Crippen molar-refractivity contribution in [2.45, 2.75) is 32.4 Å². The van der Waals surface area contributed by atoms with E-state index >= 15 is 0 Å². The third kappa shape index (κ3) is 4.28. The van der Waals surface area contributed by atoms with Gasteiger partial charge in [0.1, 0.15) is 23.3 Å². The monoisotopic (exact) mass is 447 g/mol. The molecule has 0 saturated carbocycles. The van der Waals surface area contributed by atoms with E-state index in [1.165, 1.54) is 0 Å². The van der Waals surface area contributed by atoms with Crippen LogP contribution in [0.5, 0.6) is 11.5 Å². The van der Waals surface area contributed by atoms with Crippen LogP contribution in [-0.2, 0) is 22.6 Å². The highest BCUT2D eigenvalue weighted by atomic mass is 16.5. The van der Waals surface area contributed by atoms with Gasteiger partial charge in [0.2, 0.25) is 11.8 Å². The van der Waals surface area contributed by atoms with Crippen molar-refractivity contribution in [3.8, 4) is 22.8 Å². The van der Waals surface area contributed by atoms with Crippen molar-refractivity contribution in [3.63, 3.8) is 0 Å². The lowest BCUT2D eigenvalue weighted by atomic mass is 10.1. The molecule has 0 bridgehead atoms. The minimum absolute atomic E-state index is 0.0704. The van der Waals surface area contributed by atoms with E-state index in [-0.39, 0.29) is 30.9 Å². The van der Waals surface area contributed by atoms with Crippen LogP contribution in [0.2, 0.25) is 0 Å². The van der Waals surface area contributed by atoms with Crippen molar-refractivity contribution in [3.05, 3.63) is 59.8 Å². The summed E-state index contributed by atoms with van der Waals surface area (Å²) in [5, 5.41) is 6.97. The maximum Gasteiger partial charge on any atom is 0.227 e. The highest BCUT2D eigenvalue weighted by Crippen LogP contribution is 2.33. The Kier molecular flexibility index (Phi) is 5.50. The molecule has 2 amide bonds. The van der Waals surface area contributed by atoms with Gasteiger partial charge in [0.05, 0.1) is 19.6 Å². The number of aromatic nitrogens is 1. The van der Waals surface area contributed by atoms with Gasteiger partial charge in [0.25, 0.3) is 0 Å². The van der Waals surface area contributed by atoms with Crippen molar-refractivity contribution in [2.75, 3.05) is 18.6 Å². The third-order valence-corrected chi connectivity index (χ3v) is 6.06. The van der Waals surface area contributed by atoms with Gasteiger partial charge in [-0.3, -0.25) is 9.59 Å². The van der Waals surface area contributed by atoms with E-state index in [9.17, 15) is 9.59 Å². The number of nitrogens with one attached hydrogen (secondary N) is 1. The molecule has 2 aromatic carbocycles. The van der Waals surface area contributed by atoms with Crippen molar-refractivity contribution < 1.29 is 23.6 Å². The van der Waals surface area contributed by atoms with Crippen molar-refractivity contribution >= 4 is 17.5 Å². The number of fused-ring (bicyclic) bond motifs is 1. The smallest absolute Gasteiger partial charge is 0.227 e. The van der Waals surface area contributed by atoms with Gasteiger partial charge in [-0.2, -0.15) is 0 Å². The molecule has 0 radical (unpaired) electrons. The van der Waals surface area contributed by atoms with E-state index in [4.69, 9.17) is 14.0 Å². The van der Waals surface area contributed by atoms with Crippen LogP contribution in [0, 0.1) is 5.92 Å². The van der Waals surface area contributed by atoms with Gasteiger partial charge < -0.3 is 24.2 Å². The highest BCUT2D eigenvalue weighted by molar-refractivity contribution is 6.00. The van der Waals surface area contributed by atoms with Gasteiger partial charge in [-0.05, 0) is 55.0 Å². The summed E-state index contributed by atoms with van der Waals surface area (Å²) < 4.78 is 16.4. The minimum atomic E-state index is -0.412. The van der Waals surface area contributed by atoms with Crippen LogP contribution in [0.3, 0.4) is 0 Å². The molecule has 2 unspecified atom stereocenters. The van der Waals surface area contributed by atoms with Gasteiger partial charge in [-0.25, -0.2) is 0 Å². The lowest BCUT2D eigenvalue weighted by molar-refractivity contribution is -0.126. The summed E-state index contributed by atoms with van der Waals surface area (Å²) in [6.45, 7) is 2.63. The number of methoxy groups -OCH3 is 1. The maximum atomic E-state index is 12.7. The second kappa shape index (κ2) is 8.61. The van der Waals surface area contributed by atoms with Gasteiger partial charge in [-0.15, -0.1) is 0 Å². The Morgan fingerprint density at radius 3 is 2.79 bits per heavy atom. The number of rotatable bonds is 6. The molecule has 1 saturated heterocycles. The fourth-order valence-corrected chi connectivity index (χ4v) is 4.32. The lowest BCUT2D eigenvalue weighted by Crippen LogP contribution is -2.32. The van der Waals surface area contributed by atoms with E-state index < -0.39 is 5.92 Å². The lowest BCUT2D eigenvalue weighted by Gasteiger charge is -2.17. The molecule has 1 fully saturated rings. The quantitative estimate of drug-likeness (QED) is 0.623. The average molecular weight is 447 g/mol. The predicted molar refractivity (Wildman–Crippen MR) is 121 cm³/mol. The van der Waals surface area contributed by atoms with E-state index in [2.05, 4.69) is 16.5 Å². The third-order valence-electron chi connectivity index (χ3n) is 6.06. The maximum absolute atomic E-state index is 12.7. The van der Waals surface area contributed by atoms with E-state index in [0.29, 0.717) is 18.0 Å². The molecule has 3 heterocycles. The molecule has 2 aliphatic heterocycles. The molecule has 2 aliphatic rings. The molecule has 8 nitrogen and oxygen atoms in total. The van der Waals surface area contributed by atoms with Gasteiger partial charge in [0, 0.05) is 36.7 Å². The number of carbonyl (C=O) groups is 2. The Morgan fingerprint density at radius 1 is 1.18 bits per heavy atom. The van der Waals surface area contributed by atoms with Gasteiger partial charge in [-0.1, -0.05) is 5.16 Å². The van der Waals surface area contributed by atoms with Crippen LogP contribution in [0.25, 0.3) is 11.3 Å². The highest BCUT2D eigenvalue weighted by Gasteiger charge is 2.35. The SMILES string of the molecule is COc1ccc(N2CC(C(=O)NCc3cc(-c4ccc5c(c4)CC(C)O5)on3)CC2=O)cc1. The number of hydrogen-bond acceptors (Lipinski definition) is 6. The molecular formula is C25H25N3O5. The Bertz CT molecular complexity index is 1190. The second-order valence-electron chi connectivity index (χ2n) is 8.46. The zero-order chi connectivity index (χ0) is 22.9. The number of ether oxygens (including phenoxy) is 2. The summed E-state index contributed by atoms with van der Waals surface area (Å²) in [6, 6.07) is 15.0. The van der Waals surface area contributed by atoms with E-state index in [1.54, 1.807) is 24.1 Å². The normalized spacial score (nSPS) is 19.3. The van der Waals surface area contributed by atoms with Crippen LogP contribution < -0.4 is 19.7 Å². The molecule has 33 heavy (non-hydrogen) atoms. The van der Waals surface area contributed by atoms with Crippen LogP contribution in [0.15, 0.2) is 53.1 Å². The van der Waals surface area contributed by atoms with Crippen molar-refractivity contribution in [1.82, 2.24) is 10.5 Å². The summed E-state index contributed by atoms with van der Waals surface area (Å²) in [5.41, 5.74) is 3.46. The Morgan fingerprint density at radius 2 is 2.00 bits per heavy atom. The first-order chi connectivity index (χ1) is 16.0. The van der Waals surface area contributed by atoms with Crippen LogP contribution in [0.1, 0.15) is 24.6 Å². The summed E-state index contributed by atoms with van der Waals surface area (Å²) in [4.78, 5) is 26.8. The van der Waals surface area contributed by atoms with Gasteiger partial charge >= 0.3 is 0 Å². The Hall–Kier alpha value is -3.81. The molecule has 2 atom stereocenters. The zero-order valence-electron chi connectivity index (χ0n) is 18.5. The summed E-state index contributed by atoms with van der Waals surface area (Å²) in [6.07, 6.45) is 1.23. The molecule has 0 aliphatic carbocycles. The number of hydrogen-bond donors (Lipinski definition) is 1. The molecule has 1 aromatic heterocycles. The Balaban J connectivity index is 1.18. The summed E-state index contributed by atoms with van der Waals surface area (Å²) in [5.74, 6) is 1.61. The average Bonchev–Trinajstić information content (AvgIpc) is 3.54. The first-order valence-corrected chi connectivity index (χ1v) is 11.0. The first kappa shape index (κ1) is 21.1. The molecule has 1 N–H and O–H groups in total. The molecule has 170 valence electrons. The topological polar surface area (TPSA) is 93.9 Å². The number of amides is 2. The standard InChI is InChI=1S/C25H25N3O5/c1-15-9-17-10-16(3-8-22(17)32-15)23-12-19(27-33-23)13-26-25(30)18-11-24(29)28(14-18)20-4-6-21(31-2)7-5-20/h3-8,10,12,15,18H,9,11,13-14H2,1-2H3,(H,26,30). The van der Waals surface area contributed by atoms with Gasteiger partial charge in [0.15, 0.2) is 5.76 Å². The molecule has 5 rings (SSSR count). The second-order valence-corrected chi connectivity index (χ2v) is 8.46. The largest absolute Gasteiger partial charge is 0.497 e. The summed E-state index contributed by atoms with van der Waals surface area (Å²) in [7, 11) is 1.59. The molecule has 8 heteroatoms. The van der Waals surface area contributed by atoms with E-state index in [0.717, 1.165) is 34.7 Å². The summed E-state index contributed by atoms with van der Waals surface area (Å²) >= 11 is 0. The van der Waals surface area contributed by atoms with Crippen LogP contribution >= 0.6 is 0 Å². The zero-order valence-corrected chi connectivity index (χ0v) is 18.5. The fraction of sp³-hybridized carbons (Fsp3) is 0.320. The molecular weight excluding hydrogens is 422 g/mol. The van der Waals surface area contributed by atoms with Crippen LogP contribution in [0.4, 0.5) is 5.69 Å². The van der Waals surface area contributed by atoms with Crippen LogP contribution in [-0.4, -0.2) is 36.7 Å². The van der Waals surface area contributed by atoms with E-state index in [1.807, 2.05) is 37.3 Å². The number of anilines is 1. The van der Waals surface area contributed by atoms with Crippen molar-refractivity contribution in [2.24, 2.45) is 5.92 Å². The number of carbonyl (C=O) groups excluding carboxylic acids is 2. The molecule has 3 aromatic rings. The fourth-order valence-electron chi connectivity index (χ4n) is 4.32. The number of benzene rings is 2. The number of nitrogens with zero attached hydrogens (tertiary/aromatic N) is 2.